The maximum Gasteiger partial charge on any atom is 0.472 e. The zero-order chi connectivity index (χ0) is 35.4. The van der Waals surface area contributed by atoms with Crippen LogP contribution < -0.4 is 11.1 Å². The first kappa shape index (κ1) is 47.2. The van der Waals surface area contributed by atoms with Crippen LogP contribution in [0.15, 0.2) is 12.2 Å². The van der Waals surface area contributed by atoms with Gasteiger partial charge >= 0.3 is 7.82 Å². The Morgan fingerprint density at radius 3 is 1.48 bits per heavy atom. The van der Waals surface area contributed by atoms with Crippen molar-refractivity contribution < 1.29 is 28.4 Å². The number of carbonyl (C=O) groups excluding carboxylic acids is 1. The predicted molar refractivity (Wildman–Crippen MR) is 203 cm³/mol. The molecule has 9 heteroatoms. The zero-order valence-electron chi connectivity index (χ0n) is 31.5. The van der Waals surface area contributed by atoms with Crippen molar-refractivity contribution in [2.45, 2.75) is 212 Å². The molecule has 0 heterocycles. The molecule has 0 aliphatic rings. The van der Waals surface area contributed by atoms with Crippen LogP contribution in [0.5, 0.6) is 0 Å². The van der Waals surface area contributed by atoms with Crippen LogP contribution in [0.3, 0.4) is 0 Å². The molecule has 0 spiro atoms. The largest absolute Gasteiger partial charge is 0.472 e. The van der Waals surface area contributed by atoms with E-state index in [2.05, 4.69) is 19.2 Å². The summed E-state index contributed by atoms with van der Waals surface area (Å²) in [5.74, 6) is -0.195. The van der Waals surface area contributed by atoms with Gasteiger partial charge in [0.2, 0.25) is 5.91 Å². The van der Waals surface area contributed by atoms with Crippen LogP contribution in [-0.2, 0) is 18.4 Å². The summed E-state index contributed by atoms with van der Waals surface area (Å²) in [5.41, 5.74) is 5.34. The molecule has 48 heavy (non-hydrogen) atoms. The lowest BCUT2D eigenvalue weighted by atomic mass is 10.0. The molecule has 286 valence electrons. The standard InChI is InChI=1S/C39H79N2O6P/c1-3-5-7-9-11-12-13-14-15-16-17-18-19-20-21-22-23-24-25-27-29-31-33-39(43)41-37(36-47-48(44,45)46-35-34-40)38(42)32-30-28-26-10-8-6-4-2/h30,32,37-38,42H,3-29,31,33-36,40H2,1-2H3,(H,41,43)(H,44,45)/b32-30+. The molecule has 0 aliphatic heterocycles. The summed E-state index contributed by atoms with van der Waals surface area (Å²) in [5, 5.41) is 13.5. The molecule has 0 rings (SSSR count). The molecule has 8 nitrogen and oxygen atoms in total. The van der Waals surface area contributed by atoms with E-state index in [1.54, 1.807) is 6.08 Å². The zero-order valence-corrected chi connectivity index (χ0v) is 32.4. The van der Waals surface area contributed by atoms with Gasteiger partial charge in [0, 0.05) is 13.0 Å². The summed E-state index contributed by atoms with van der Waals surface area (Å²) in [6.07, 6.45) is 38.6. The van der Waals surface area contributed by atoms with Gasteiger partial charge in [-0.25, -0.2) is 4.57 Å². The van der Waals surface area contributed by atoms with E-state index >= 15 is 0 Å². The van der Waals surface area contributed by atoms with Gasteiger partial charge in [0.1, 0.15) is 0 Å². The number of nitrogens with two attached hydrogens (primary N) is 1. The summed E-state index contributed by atoms with van der Waals surface area (Å²) in [7, 11) is -4.32. The lowest BCUT2D eigenvalue weighted by molar-refractivity contribution is -0.123. The molecule has 3 atom stereocenters. The Hall–Kier alpha value is -0.760. The third kappa shape index (κ3) is 33.7. The minimum absolute atomic E-state index is 0.0806. The van der Waals surface area contributed by atoms with Crippen molar-refractivity contribution in [1.29, 1.82) is 0 Å². The van der Waals surface area contributed by atoms with Gasteiger partial charge in [-0.3, -0.25) is 13.8 Å². The lowest BCUT2D eigenvalue weighted by Crippen LogP contribution is -2.45. The van der Waals surface area contributed by atoms with Crippen LogP contribution in [0.1, 0.15) is 200 Å². The summed E-state index contributed by atoms with van der Waals surface area (Å²) < 4.78 is 21.9. The molecule has 0 aromatic heterocycles. The number of hydrogen-bond donors (Lipinski definition) is 4. The summed E-state index contributed by atoms with van der Waals surface area (Å²) in [4.78, 5) is 22.5. The third-order valence-electron chi connectivity index (χ3n) is 9.11. The summed E-state index contributed by atoms with van der Waals surface area (Å²) in [6.45, 7) is 4.08. The molecule has 0 fully saturated rings. The Kier molecular flexibility index (Phi) is 35.5. The Morgan fingerprint density at radius 2 is 1.06 bits per heavy atom. The molecule has 0 aliphatic carbocycles. The van der Waals surface area contributed by atoms with Crippen molar-refractivity contribution >= 4 is 13.7 Å². The monoisotopic (exact) mass is 703 g/mol. The van der Waals surface area contributed by atoms with E-state index in [9.17, 15) is 19.4 Å². The first-order chi connectivity index (χ1) is 23.4. The first-order valence-electron chi connectivity index (χ1n) is 20.3. The number of phosphoric ester groups is 1. The Labute approximate surface area is 296 Å². The van der Waals surface area contributed by atoms with E-state index in [0.717, 1.165) is 38.5 Å². The maximum atomic E-state index is 12.7. The predicted octanol–water partition coefficient (Wildman–Crippen LogP) is 10.8. The number of unbranched alkanes of at least 4 members (excludes halogenated alkanes) is 26. The topological polar surface area (TPSA) is 131 Å². The average Bonchev–Trinajstić information content (AvgIpc) is 3.07. The fourth-order valence-corrected chi connectivity index (χ4v) is 6.77. The van der Waals surface area contributed by atoms with Crippen LogP contribution in [0.25, 0.3) is 0 Å². The molecule has 0 saturated heterocycles. The van der Waals surface area contributed by atoms with E-state index in [4.69, 9.17) is 14.8 Å². The van der Waals surface area contributed by atoms with E-state index < -0.39 is 20.0 Å². The van der Waals surface area contributed by atoms with Crippen molar-refractivity contribution in [3.05, 3.63) is 12.2 Å². The fraction of sp³-hybridized carbons (Fsp3) is 0.923. The highest BCUT2D eigenvalue weighted by atomic mass is 31.2. The molecule has 0 saturated carbocycles. The molecule has 0 radical (unpaired) electrons. The van der Waals surface area contributed by atoms with Crippen molar-refractivity contribution in [1.82, 2.24) is 5.32 Å². The number of aliphatic hydroxyl groups excluding tert-OH is 1. The highest BCUT2D eigenvalue weighted by molar-refractivity contribution is 7.47. The van der Waals surface area contributed by atoms with Crippen LogP contribution in [-0.4, -0.2) is 47.8 Å². The highest BCUT2D eigenvalue weighted by Gasteiger charge is 2.26. The number of amides is 1. The Balaban J connectivity index is 3.96. The van der Waals surface area contributed by atoms with Gasteiger partial charge in [-0.1, -0.05) is 187 Å². The van der Waals surface area contributed by atoms with Crippen molar-refractivity contribution in [3.8, 4) is 0 Å². The second kappa shape index (κ2) is 36.0. The molecular weight excluding hydrogens is 623 g/mol. The number of phosphoric acid groups is 1. The van der Waals surface area contributed by atoms with Crippen LogP contribution >= 0.6 is 7.82 Å². The summed E-state index contributed by atoms with van der Waals surface area (Å²) in [6, 6.07) is -0.851. The minimum atomic E-state index is -4.32. The molecule has 0 bridgehead atoms. The SMILES string of the molecule is CCCCCCC/C=C/C(O)C(COP(=O)(O)OCCN)NC(=O)CCCCCCCCCCCCCCCCCCCCCCCC. The second-order valence-electron chi connectivity index (χ2n) is 13.9. The van der Waals surface area contributed by atoms with E-state index in [-0.39, 0.29) is 25.7 Å². The Morgan fingerprint density at radius 1 is 0.667 bits per heavy atom. The lowest BCUT2D eigenvalue weighted by Gasteiger charge is -2.23. The highest BCUT2D eigenvalue weighted by Crippen LogP contribution is 2.43. The molecular formula is C39H79N2O6P. The first-order valence-corrected chi connectivity index (χ1v) is 21.8. The van der Waals surface area contributed by atoms with E-state index in [1.165, 1.54) is 141 Å². The summed E-state index contributed by atoms with van der Waals surface area (Å²) >= 11 is 0. The smallest absolute Gasteiger partial charge is 0.387 e. The number of allylic oxidation sites excluding steroid dienone is 1. The van der Waals surface area contributed by atoms with E-state index in [1.807, 2.05) is 6.08 Å². The van der Waals surface area contributed by atoms with Gasteiger partial charge in [0.15, 0.2) is 0 Å². The molecule has 3 unspecified atom stereocenters. The van der Waals surface area contributed by atoms with Gasteiger partial charge in [-0.15, -0.1) is 0 Å². The van der Waals surface area contributed by atoms with Crippen LogP contribution in [0.2, 0.25) is 0 Å². The second-order valence-corrected chi connectivity index (χ2v) is 15.3. The maximum absolute atomic E-state index is 12.7. The Bertz CT molecular complexity index is 769. The number of nitrogens with one attached hydrogen (secondary N) is 1. The van der Waals surface area contributed by atoms with Crippen molar-refractivity contribution in [2.75, 3.05) is 19.8 Å². The van der Waals surface area contributed by atoms with Gasteiger partial charge in [-0.05, 0) is 19.3 Å². The quantitative estimate of drug-likeness (QED) is 0.0286. The minimum Gasteiger partial charge on any atom is -0.387 e. The van der Waals surface area contributed by atoms with Crippen LogP contribution in [0.4, 0.5) is 0 Å². The fourth-order valence-electron chi connectivity index (χ4n) is 6.01. The molecule has 0 aromatic carbocycles. The van der Waals surface area contributed by atoms with Gasteiger partial charge in [0.05, 0.1) is 25.4 Å². The normalized spacial score (nSPS) is 14.4. The van der Waals surface area contributed by atoms with Crippen molar-refractivity contribution in [2.24, 2.45) is 5.73 Å². The average molecular weight is 703 g/mol. The third-order valence-corrected chi connectivity index (χ3v) is 10.1. The number of rotatable bonds is 38. The number of carbonyl (C=O) groups is 1. The molecule has 5 N–H and O–H groups in total. The number of aliphatic hydroxyl groups is 1. The molecule has 1 amide bonds. The van der Waals surface area contributed by atoms with Crippen molar-refractivity contribution in [3.63, 3.8) is 0 Å². The van der Waals surface area contributed by atoms with Gasteiger partial charge in [-0.2, -0.15) is 0 Å². The van der Waals surface area contributed by atoms with Gasteiger partial charge < -0.3 is 21.1 Å². The van der Waals surface area contributed by atoms with Gasteiger partial charge in [0.25, 0.3) is 0 Å². The van der Waals surface area contributed by atoms with Crippen LogP contribution in [0, 0.1) is 0 Å². The molecule has 0 aromatic rings. The number of hydrogen-bond acceptors (Lipinski definition) is 6. The van der Waals surface area contributed by atoms with E-state index in [0.29, 0.717) is 6.42 Å².